The van der Waals surface area contributed by atoms with Gasteiger partial charge in [0, 0.05) is 0 Å². The number of esters is 1. The SMILES string of the molecule is CCCCc1ccc(C2CCC(C(=O)OC3CCC(C=C(F)C#N)CC3)CC2)cc1. The number of benzene rings is 1. The van der Waals surface area contributed by atoms with E-state index in [-0.39, 0.29) is 23.9 Å². The Hall–Kier alpha value is -2.15. The molecule has 3 rings (SSSR count). The summed E-state index contributed by atoms with van der Waals surface area (Å²) in [5.41, 5.74) is 2.82. The summed E-state index contributed by atoms with van der Waals surface area (Å²) in [7, 11) is 0. The second-order valence-electron chi connectivity index (χ2n) is 8.99. The standard InChI is InChI=1S/C26H34FNO2/c1-2-3-4-19-5-9-21(10-6-19)22-11-13-23(14-12-22)26(29)30-25-15-7-20(8-16-25)17-24(27)18-28/h5-6,9-10,17,20,22-23,25H,2-4,7-8,11-16H2,1H3. The maximum absolute atomic E-state index is 13.1. The number of allylic oxidation sites excluding steroid dienone is 2. The van der Waals surface area contributed by atoms with Gasteiger partial charge in [0.1, 0.15) is 12.2 Å². The van der Waals surface area contributed by atoms with Gasteiger partial charge in [0.15, 0.2) is 5.83 Å². The molecule has 0 bridgehead atoms. The summed E-state index contributed by atoms with van der Waals surface area (Å²) < 4.78 is 18.9. The highest BCUT2D eigenvalue weighted by molar-refractivity contribution is 5.72. The summed E-state index contributed by atoms with van der Waals surface area (Å²) in [5.74, 6) is -0.109. The van der Waals surface area contributed by atoms with Crippen molar-refractivity contribution in [2.24, 2.45) is 11.8 Å². The van der Waals surface area contributed by atoms with E-state index in [9.17, 15) is 9.18 Å². The molecular weight excluding hydrogens is 377 g/mol. The molecule has 0 radical (unpaired) electrons. The predicted molar refractivity (Wildman–Crippen MR) is 116 cm³/mol. The van der Waals surface area contributed by atoms with Crippen molar-refractivity contribution in [2.75, 3.05) is 0 Å². The van der Waals surface area contributed by atoms with Crippen LogP contribution in [-0.4, -0.2) is 12.1 Å². The Kier molecular flexibility index (Phi) is 8.49. The highest BCUT2D eigenvalue weighted by Crippen LogP contribution is 2.37. The zero-order chi connectivity index (χ0) is 21.3. The molecule has 0 spiro atoms. The zero-order valence-electron chi connectivity index (χ0n) is 18.1. The van der Waals surface area contributed by atoms with E-state index < -0.39 is 5.83 Å². The van der Waals surface area contributed by atoms with Gasteiger partial charge < -0.3 is 4.74 Å². The predicted octanol–water partition coefficient (Wildman–Crippen LogP) is 6.78. The normalized spacial score (nSPS) is 27.3. The summed E-state index contributed by atoms with van der Waals surface area (Å²) in [6.45, 7) is 2.22. The number of carbonyl (C=O) groups is 1. The fourth-order valence-corrected chi connectivity index (χ4v) is 4.88. The molecule has 30 heavy (non-hydrogen) atoms. The van der Waals surface area contributed by atoms with Crippen LogP contribution in [0.4, 0.5) is 4.39 Å². The average Bonchev–Trinajstić information content (AvgIpc) is 2.79. The molecule has 1 aromatic carbocycles. The van der Waals surface area contributed by atoms with E-state index in [1.807, 2.05) is 0 Å². The molecule has 0 N–H and O–H groups in total. The number of nitrogens with zero attached hydrogens (tertiary/aromatic N) is 1. The molecule has 4 heteroatoms. The molecule has 0 atom stereocenters. The van der Waals surface area contributed by atoms with Crippen molar-refractivity contribution in [3.8, 4) is 6.07 Å². The van der Waals surface area contributed by atoms with Gasteiger partial charge in [0.05, 0.1) is 5.92 Å². The number of carbonyl (C=O) groups excluding carboxylic acids is 1. The van der Waals surface area contributed by atoms with Gasteiger partial charge in [-0.2, -0.15) is 9.65 Å². The third-order valence-corrected chi connectivity index (χ3v) is 6.82. The molecule has 0 aromatic heterocycles. The Morgan fingerprint density at radius 2 is 1.77 bits per heavy atom. The summed E-state index contributed by atoms with van der Waals surface area (Å²) in [6, 6.07) is 10.6. The van der Waals surface area contributed by atoms with Crippen LogP contribution in [-0.2, 0) is 16.0 Å². The van der Waals surface area contributed by atoms with Gasteiger partial charge in [-0.25, -0.2) is 0 Å². The van der Waals surface area contributed by atoms with Crippen molar-refractivity contribution in [3.63, 3.8) is 0 Å². The lowest BCUT2D eigenvalue weighted by Crippen LogP contribution is -2.29. The van der Waals surface area contributed by atoms with E-state index in [1.165, 1.54) is 36.1 Å². The molecule has 2 aliphatic rings. The maximum atomic E-state index is 13.1. The molecule has 0 saturated heterocycles. The first kappa shape index (κ1) is 22.5. The number of aryl methyl sites for hydroxylation is 1. The number of rotatable bonds is 7. The number of ether oxygens (including phenoxy) is 1. The average molecular weight is 412 g/mol. The minimum atomic E-state index is -0.706. The van der Waals surface area contributed by atoms with E-state index in [2.05, 4.69) is 31.2 Å². The fourth-order valence-electron chi connectivity index (χ4n) is 4.88. The van der Waals surface area contributed by atoms with Gasteiger partial charge in [-0.05, 0) is 93.2 Å². The third-order valence-electron chi connectivity index (χ3n) is 6.82. The molecule has 0 amide bonds. The van der Waals surface area contributed by atoms with Crippen LogP contribution in [0.3, 0.4) is 0 Å². The summed E-state index contributed by atoms with van der Waals surface area (Å²) >= 11 is 0. The van der Waals surface area contributed by atoms with E-state index in [0.29, 0.717) is 5.92 Å². The second-order valence-corrected chi connectivity index (χ2v) is 8.99. The van der Waals surface area contributed by atoms with Crippen molar-refractivity contribution in [3.05, 3.63) is 47.3 Å². The molecule has 2 aliphatic carbocycles. The lowest BCUT2D eigenvalue weighted by atomic mass is 9.78. The van der Waals surface area contributed by atoms with Gasteiger partial charge >= 0.3 is 5.97 Å². The molecule has 2 saturated carbocycles. The first-order chi connectivity index (χ1) is 14.6. The van der Waals surface area contributed by atoms with Crippen molar-refractivity contribution in [2.45, 2.75) is 89.6 Å². The van der Waals surface area contributed by atoms with E-state index in [4.69, 9.17) is 10.00 Å². The number of nitriles is 1. The van der Waals surface area contributed by atoms with Crippen LogP contribution in [0.1, 0.15) is 88.2 Å². The lowest BCUT2D eigenvalue weighted by molar-refractivity contribution is -0.157. The Labute approximate surface area is 180 Å². The minimum Gasteiger partial charge on any atom is -0.462 e. The van der Waals surface area contributed by atoms with E-state index >= 15 is 0 Å². The van der Waals surface area contributed by atoms with Crippen LogP contribution in [0.15, 0.2) is 36.2 Å². The van der Waals surface area contributed by atoms with Gasteiger partial charge in [-0.1, -0.05) is 37.6 Å². The van der Waals surface area contributed by atoms with Gasteiger partial charge in [0.25, 0.3) is 0 Å². The quantitative estimate of drug-likeness (QED) is 0.367. The molecule has 1 aromatic rings. The summed E-state index contributed by atoms with van der Waals surface area (Å²) in [4.78, 5) is 12.6. The molecule has 162 valence electrons. The molecule has 0 unspecified atom stereocenters. The molecule has 0 heterocycles. The number of hydrogen-bond donors (Lipinski definition) is 0. The molecular formula is C26H34FNO2. The second kappa shape index (κ2) is 11.3. The Balaban J connectivity index is 1.41. The molecule has 3 nitrogen and oxygen atoms in total. The van der Waals surface area contributed by atoms with E-state index in [0.717, 1.165) is 57.8 Å². The first-order valence-corrected chi connectivity index (χ1v) is 11.7. The van der Waals surface area contributed by atoms with Crippen LogP contribution in [0.5, 0.6) is 0 Å². The lowest BCUT2D eigenvalue weighted by Gasteiger charge is -2.31. The van der Waals surface area contributed by atoms with Crippen LogP contribution < -0.4 is 0 Å². The number of halogens is 1. The number of hydrogen-bond acceptors (Lipinski definition) is 3. The first-order valence-electron chi connectivity index (χ1n) is 11.7. The fraction of sp³-hybridized carbons (Fsp3) is 0.615. The topological polar surface area (TPSA) is 50.1 Å². The Morgan fingerprint density at radius 3 is 2.37 bits per heavy atom. The Bertz CT molecular complexity index is 748. The largest absolute Gasteiger partial charge is 0.462 e. The maximum Gasteiger partial charge on any atom is 0.309 e. The molecule has 0 aliphatic heterocycles. The third kappa shape index (κ3) is 6.42. The van der Waals surface area contributed by atoms with Crippen LogP contribution >= 0.6 is 0 Å². The highest BCUT2D eigenvalue weighted by Gasteiger charge is 2.31. The summed E-state index contributed by atoms with van der Waals surface area (Å²) in [6.07, 6.45) is 11.9. The van der Waals surface area contributed by atoms with Gasteiger partial charge in [0.2, 0.25) is 0 Å². The summed E-state index contributed by atoms with van der Waals surface area (Å²) in [5, 5.41) is 8.55. The van der Waals surface area contributed by atoms with E-state index in [1.54, 1.807) is 0 Å². The highest BCUT2D eigenvalue weighted by atomic mass is 19.1. The van der Waals surface area contributed by atoms with Crippen molar-refractivity contribution < 1.29 is 13.9 Å². The van der Waals surface area contributed by atoms with Crippen molar-refractivity contribution in [1.82, 2.24) is 0 Å². The van der Waals surface area contributed by atoms with Crippen molar-refractivity contribution >= 4 is 5.97 Å². The van der Waals surface area contributed by atoms with Crippen LogP contribution in [0.2, 0.25) is 0 Å². The van der Waals surface area contributed by atoms with Crippen molar-refractivity contribution in [1.29, 1.82) is 5.26 Å². The van der Waals surface area contributed by atoms with Gasteiger partial charge in [-0.15, -0.1) is 0 Å². The smallest absolute Gasteiger partial charge is 0.309 e. The monoisotopic (exact) mass is 411 g/mol. The zero-order valence-corrected chi connectivity index (χ0v) is 18.1. The van der Waals surface area contributed by atoms with Crippen LogP contribution in [0.25, 0.3) is 0 Å². The Morgan fingerprint density at radius 1 is 1.10 bits per heavy atom. The minimum absolute atomic E-state index is 0.0127. The number of unbranched alkanes of at least 4 members (excludes halogenated alkanes) is 1. The molecule has 2 fully saturated rings. The van der Waals surface area contributed by atoms with Gasteiger partial charge in [-0.3, -0.25) is 4.79 Å². The van der Waals surface area contributed by atoms with Crippen LogP contribution in [0, 0.1) is 23.2 Å².